The predicted molar refractivity (Wildman–Crippen MR) is 88.5 cm³/mol. The van der Waals surface area contributed by atoms with Crippen LogP contribution in [0.15, 0.2) is 36.4 Å². The molecule has 0 N–H and O–H groups in total. The molecule has 0 aliphatic heterocycles. The molecule has 110 valence electrons. The number of hydrogen-bond donors (Lipinski definition) is 0. The van der Waals surface area contributed by atoms with Crippen LogP contribution < -0.4 is 0 Å². The van der Waals surface area contributed by atoms with E-state index in [4.69, 9.17) is 46.4 Å². The molecule has 3 rings (SSSR count). The molecule has 0 aliphatic rings. The normalized spacial score (nSPS) is 10.7. The highest BCUT2D eigenvalue weighted by Gasteiger charge is 2.12. The fraction of sp³-hybridized carbons (Fsp3) is 0. The Morgan fingerprint density at radius 3 is 1.23 bits per heavy atom. The van der Waals surface area contributed by atoms with E-state index in [9.17, 15) is 0 Å². The Labute approximate surface area is 146 Å². The van der Waals surface area contributed by atoms with Crippen LogP contribution in [-0.2, 0) is 0 Å². The standard InChI is InChI=1S/C14H6Cl4N4/c15-7-1-3-9(11(17)5-7)13-19-21-14(22-20-13)10-4-2-8(16)6-12(10)18/h1-6H. The van der Waals surface area contributed by atoms with Crippen molar-refractivity contribution in [3.8, 4) is 22.8 Å². The highest BCUT2D eigenvalue weighted by atomic mass is 35.5. The fourth-order valence-corrected chi connectivity index (χ4v) is 2.77. The van der Waals surface area contributed by atoms with Crippen LogP contribution in [0.4, 0.5) is 0 Å². The van der Waals surface area contributed by atoms with E-state index in [1.165, 1.54) is 0 Å². The quantitative estimate of drug-likeness (QED) is 0.620. The van der Waals surface area contributed by atoms with Gasteiger partial charge in [-0.05, 0) is 36.4 Å². The van der Waals surface area contributed by atoms with Crippen LogP contribution >= 0.6 is 46.4 Å². The van der Waals surface area contributed by atoms with Gasteiger partial charge < -0.3 is 0 Å². The van der Waals surface area contributed by atoms with Crippen molar-refractivity contribution in [3.05, 3.63) is 56.5 Å². The summed E-state index contributed by atoms with van der Waals surface area (Å²) in [6.45, 7) is 0. The molecule has 4 nitrogen and oxygen atoms in total. The smallest absolute Gasteiger partial charge is 0.126 e. The molecule has 0 atom stereocenters. The summed E-state index contributed by atoms with van der Waals surface area (Å²) in [4.78, 5) is 0. The van der Waals surface area contributed by atoms with Crippen molar-refractivity contribution < 1.29 is 0 Å². The van der Waals surface area contributed by atoms with Gasteiger partial charge in [0.1, 0.15) is 0 Å². The molecule has 0 saturated heterocycles. The number of halogens is 4. The highest BCUT2D eigenvalue weighted by Crippen LogP contribution is 2.29. The second-order valence-corrected chi connectivity index (χ2v) is 5.98. The van der Waals surface area contributed by atoms with Gasteiger partial charge in [-0.3, -0.25) is 0 Å². The van der Waals surface area contributed by atoms with Gasteiger partial charge >= 0.3 is 0 Å². The maximum atomic E-state index is 6.11. The fourth-order valence-electron chi connectivity index (χ4n) is 1.79. The van der Waals surface area contributed by atoms with Crippen molar-refractivity contribution in [2.45, 2.75) is 0 Å². The minimum atomic E-state index is 0.301. The maximum absolute atomic E-state index is 6.11. The summed E-state index contributed by atoms with van der Waals surface area (Å²) in [6, 6.07) is 10.0. The van der Waals surface area contributed by atoms with Gasteiger partial charge in [0.05, 0.1) is 10.0 Å². The Bertz CT molecular complexity index is 766. The van der Waals surface area contributed by atoms with E-state index in [2.05, 4.69) is 20.4 Å². The second kappa shape index (κ2) is 6.34. The minimum absolute atomic E-state index is 0.301. The minimum Gasteiger partial charge on any atom is -0.126 e. The van der Waals surface area contributed by atoms with Crippen LogP contribution in [0.1, 0.15) is 0 Å². The van der Waals surface area contributed by atoms with Crippen LogP contribution in [0.5, 0.6) is 0 Å². The number of rotatable bonds is 2. The number of hydrogen-bond acceptors (Lipinski definition) is 4. The third-order valence-electron chi connectivity index (χ3n) is 2.82. The van der Waals surface area contributed by atoms with Crippen molar-refractivity contribution in [1.82, 2.24) is 20.4 Å². The van der Waals surface area contributed by atoms with Crippen molar-refractivity contribution in [2.24, 2.45) is 0 Å². The average molecular weight is 372 g/mol. The monoisotopic (exact) mass is 370 g/mol. The zero-order chi connectivity index (χ0) is 15.7. The average Bonchev–Trinajstić information content (AvgIpc) is 2.48. The molecule has 0 radical (unpaired) electrons. The third-order valence-corrected chi connectivity index (χ3v) is 3.92. The van der Waals surface area contributed by atoms with Crippen molar-refractivity contribution in [3.63, 3.8) is 0 Å². The van der Waals surface area contributed by atoms with Crippen LogP contribution in [0, 0.1) is 0 Å². The van der Waals surface area contributed by atoms with Gasteiger partial charge in [0.25, 0.3) is 0 Å². The van der Waals surface area contributed by atoms with Crippen molar-refractivity contribution >= 4 is 46.4 Å². The molecule has 1 heterocycles. The Kier molecular flexibility index (Phi) is 4.45. The number of aromatic nitrogens is 4. The molecule has 22 heavy (non-hydrogen) atoms. The lowest BCUT2D eigenvalue weighted by molar-refractivity contribution is 0.876. The van der Waals surface area contributed by atoms with Gasteiger partial charge in [-0.2, -0.15) is 0 Å². The topological polar surface area (TPSA) is 51.6 Å². The zero-order valence-electron chi connectivity index (χ0n) is 10.8. The Hall–Kier alpha value is -1.46. The summed E-state index contributed by atoms with van der Waals surface area (Å²) in [5.41, 5.74) is 1.19. The molecular formula is C14H6Cl4N4. The van der Waals surface area contributed by atoms with Crippen LogP contribution in [0.3, 0.4) is 0 Å². The first kappa shape index (κ1) is 15.4. The van der Waals surface area contributed by atoms with Crippen molar-refractivity contribution in [1.29, 1.82) is 0 Å². The Morgan fingerprint density at radius 2 is 0.909 bits per heavy atom. The Morgan fingerprint density at radius 1 is 0.545 bits per heavy atom. The molecule has 0 saturated carbocycles. The van der Waals surface area contributed by atoms with E-state index in [1.807, 2.05) is 0 Å². The molecule has 0 aliphatic carbocycles. The molecule has 0 spiro atoms. The number of nitrogens with zero attached hydrogens (tertiary/aromatic N) is 4. The van der Waals surface area contributed by atoms with Crippen LogP contribution in [0.2, 0.25) is 20.1 Å². The van der Waals surface area contributed by atoms with Crippen LogP contribution in [-0.4, -0.2) is 20.4 Å². The maximum Gasteiger partial charge on any atom is 0.205 e. The lowest BCUT2D eigenvalue weighted by atomic mass is 10.2. The molecule has 0 amide bonds. The van der Waals surface area contributed by atoms with Crippen molar-refractivity contribution in [2.75, 3.05) is 0 Å². The Balaban J connectivity index is 1.99. The lowest BCUT2D eigenvalue weighted by Gasteiger charge is -2.04. The largest absolute Gasteiger partial charge is 0.205 e. The van der Waals surface area contributed by atoms with E-state index in [1.54, 1.807) is 36.4 Å². The summed E-state index contributed by atoms with van der Waals surface area (Å²) in [7, 11) is 0. The molecule has 0 fully saturated rings. The zero-order valence-corrected chi connectivity index (χ0v) is 13.8. The van der Waals surface area contributed by atoms with Gasteiger partial charge in [0, 0.05) is 21.2 Å². The highest BCUT2D eigenvalue weighted by molar-refractivity contribution is 6.36. The van der Waals surface area contributed by atoms with Gasteiger partial charge in [0.2, 0.25) is 11.6 Å². The molecule has 0 unspecified atom stereocenters. The van der Waals surface area contributed by atoms with Gasteiger partial charge in [-0.25, -0.2) is 0 Å². The van der Waals surface area contributed by atoms with Gasteiger partial charge in [-0.15, -0.1) is 20.4 Å². The van der Waals surface area contributed by atoms with Gasteiger partial charge in [-0.1, -0.05) is 46.4 Å². The predicted octanol–water partition coefficient (Wildman–Crippen LogP) is 5.21. The van der Waals surface area contributed by atoms with E-state index in [-0.39, 0.29) is 0 Å². The summed E-state index contributed by atoms with van der Waals surface area (Å²) in [5, 5.41) is 18.0. The summed E-state index contributed by atoms with van der Waals surface area (Å²) >= 11 is 23.9. The summed E-state index contributed by atoms with van der Waals surface area (Å²) < 4.78 is 0. The molecule has 1 aromatic heterocycles. The molecule has 3 aromatic rings. The second-order valence-electron chi connectivity index (χ2n) is 4.30. The molecular weight excluding hydrogens is 366 g/mol. The van der Waals surface area contributed by atoms with E-state index >= 15 is 0 Å². The molecule has 8 heteroatoms. The number of benzene rings is 2. The van der Waals surface area contributed by atoms with E-state index in [0.29, 0.717) is 42.9 Å². The molecule has 2 aromatic carbocycles. The van der Waals surface area contributed by atoms with E-state index in [0.717, 1.165) is 0 Å². The summed E-state index contributed by atoms with van der Waals surface area (Å²) in [5.74, 6) is 0.603. The van der Waals surface area contributed by atoms with Crippen LogP contribution in [0.25, 0.3) is 22.8 Å². The SMILES string of the molecule is Clc1ccc(-c2nnc(-c3ccc(Cl)cc3Cl)nn2)c(Cl)c1. The first-order valence-electron chi connectivity index (χ1n) is 6.03. The first-order valence-corrected chi connectivity index (χ1v) is 7.54. The lowest BCUT2D eigenvalue weighted by Crippen LogP contribution is -2.00. The third kappa shape index (κ3) is 3.15. The first-order chi connectivity index (χ1) is 10.5. The molecule has 0 bridgehead atoms. The van der Waals surface area contributed by atoms with Gasteiger partial charge in [0.15, 0.2) is 0 Å². The summed E-state index contributed by atoms with van der Waals surface area (Å²) in [6.07, 6.45) is 0. The van der Waals surface area contributed by atoms with E-state index < -0.39 is 0 Å².